The normalized spacial score (nSPS) is 10.2. The van der Waals surface area contributed by atoms with Gasteiger partial charge in [0.2, 0.25) is 5.95 Å². The van der Waals surface area contributed by atoms with Gasteiger partial charge in [-0.3, -0.25) is 4.79 Å². The molecule has 0 bridgehead atoms. The van der Waals surface area contributed by atoms with Gasteiger partial charge in [-0.25, -0.2) is 9.97 Å². The van der Waals surface area contributed by atoms with E-state index in [-0.39, 0.29) is 5.91 Å². The summed E-state index contributed by atoms with van der Waals surface area (Å²) >= 11 is 0. The first-order valence-corrected chi connectivity index (χ1v) is 7.70. The van der Waals surface area contributed by atoms with Crippen molar-refractivity contribution in [3.8, 4) is 5.75 Å². The minimum Gasteiger partial charge on any atom is -0.496 e. The highest BCUT2D eigenvalue weighted by atomic mass is 16.5. The highest BCUT2D eigenvalue weighted by Crippen LogP contribution is 2.17. The van der Waals surface area contributed by atoms with Crippen molar-refractivity contribution in [2.75, 3.05) is 19.0 Å². The first kappa shape index (κ1) is 16.7. The summed E-state index contributed by atoms with van der Waals surface area (Å²) in [7, 11) is 1.64. The third-order valence-electron chi connectivity index (χ3n) is 3.36. The van der Waals surface area contributed by atoms with Crippen LogP contribution < -0.4 is 15.4 Å². The number of rotatable bonds is 8. The van der Waals surface area contributed by atoms with E-state index in [1.54, 1.807) is 7.11 Å². The van der Waals surface area contributed by atoms with Crippen LogP contribution in [0.4, 0.5) is 5.95 Å². The number of unbranched alkanes of at least 4 members (excludes halogenated alkanes) is 1. The quantitative estimate of drug-likeness (QED) is 0.733. The zero-order valence-electron chi connectivity index (χ0n) is 13.5. The molecule has 2 aromatic rings. The first-order chi connectivity index (χ1) is 11.2. The molecule has 0 atom stereocenters. The molecule has 122 valence electrons. The van der Waals surface area contributed by atoms with Crippen LogP contribution in [-0.4, -0.2) is 29.5 Å². The molecule has 0 fully saturated rings. The van der Waals surface area contributed by atoms with Crippen LogP contribution in [0.25, 0.3) is 0 Å². The second-order valence-electron chi connectivity index (χ2n) is 5.07. The number of ether oxygens (including phenoxy) is 1. The molecule has 0 saturated heterocycles. The van der Waals surface area contributed by atoms with Gasteiger partial charge in [0.25, 0.3) is 5.91 Å². The number of hydrogen-bond acceptors (Lipinski definition) is 5. The number of nitrogens with zero attached hydrogens (tertiary/aromatic N) is 2. The van der Waals surface area contributed by atoms with Crippen LogP contribution in [0.5, 0.6) is 5.75 Å². The van der Waals surface area contributed by atoms with E-state index in [2.05, 4.69) is 27.5 Å². The van der Waals surface area contributed by atoms with Gasteiger partial charge in [0.05, 0.1) is 12.7 Å². The lowest BCUT2D eigenvalue weighted by molar-refractivity contribution is 0.0952. The largest absolute Gasteiger partial charge is 0.496 e. The van der Waals surface area contributed by atoms with E-state index in [9.17, 15) is 4.79 Å². The molecular weight excluding hydrogens is 292 g/mol. The number of nitrogens with one attached hydrogen (secondary N) is 2. The van der Waals surface area contributed by atoms with E-state index >= 15 is 0 Å². The van der Waals surface area contributed by atoms with Gasteiger partial charge < -0.3 is 15.4 Å². The summed E-state index contributed by atoms with van der Waals surface area (Å²) in [5, 5.41) is 5.96. The predicted molar refractivity (Wildman–Crippen MR) is 89.6 cm³/mol. The van der Waals surface area contributed by atoms with Gasteiger partial charge >= 0.3 is 0 Å². The Bertz CT molecular complexity index is 629. The average molecular weight is 314 g/mol. The molecule has 6 nitrogen and oxygen atoms in total. The zero-order chi connectivity index (χ0) is 16.5. The van der Waals surface area contributed by atoms with E-state index in [4.69, 9.17) is 4.74 Å². The smallest absolute Gasteiger partial charge is 0.254 e. The maximum absolute atomic E-state index is 11.9. The summed E-state index contributed by atoms with van der Waals surface area (Å²) < 4.78 is 5.30. The van der Waals surface area contributed by atoms with Crippen LogP contribution in [0.1, 0.15) is 35.7 Å². The highest BCUT2D eigenvalue weighted by molar-refractivity contribution is 5.93. The van der Waals surface area contributed by atoms with Gasteiger partial charge in [0, 0.05) is 31.0 Å². The summed E-state index contributed by atoms with van der Waals surface area (Å²) in [5.74, 6) is 1.14. The maximum Gasteiger partial charge on any atom is 0.254 e. The van der Waals surface area contributed by atoms with Crippen molar-refractivity contribution in [3.63, 3.8) is 0 Å². The van der Waals surface area contributed by atoms with Crippen LogP contribution in [0, 0.1) is 0 Å². The lowest BCUT2D eigenvalue weighted by Crippen LogP contribution is -2.24. The Labute approximate surface area is 136 Å². The van der Waals surface area contributed by atoms with Crippen molar-refractivity contribution >= 4 is 11.9 Å². The number of methoxy groups -OCH3 is 1. The van der Waals surface area contributed by atoms with Crippen LogP contribution >= 0.6 is 0 Å². The Kier molecular flexibility index (Phi) is 6.35. The fourth-order valence-corrected chi connectivity index (χ4v) is 2.04. The number of amides is 1. The number of hydrogen-bond donors (Lipinski definition) is 2. The Morgan fingerprint density at radius 3 is 2.65 bits per heavy atom. The fraction of sp³-hybridized carbons (Fsp3) is 0.353. The third-order valence-corrected chi connectivity index (χ3v) is 3.36. The molecule has 1 aromatic heterocycles. The lowest BCUT2D eigenvalue weighted by atomic mass is 10.2. The molecule has 6 heteroatoms. The van der Waals surface area contributed by atoms with Crippen LogP contribution in [0.2, 0.25) is 0 Å². The Morgan fingerprint density at radius 2 is 1.96 bits per heavy atom. The molecule has 2 N–H and O–H groups in total. The Morgan fingerprint density at radius 1 is 1.22 bits per heavy atom. The second-order valence-corrected chi connectivity index (χ2v) is 5.07. The van der Waals surface area contributed by atoms with Crippen molar-refractivity contribution in [3.05, 3.63) is 47.8 Å². The number of benzene rings is 1. The van der Waals surface area contributed by atoms with Gasteiger partial charge in [-0.05, 0) is 12.5 Å². The fourth-order valence-electron chi connectivity index (χ4n) is 2.04. The van der Waals surface area contributed by atoms with Crippen molar-refractivity contribution in [1.29, 1.82) is 0 Å². The number of carbonyl (C=O) groups excluding carboxylic acids is 1. The van der Waals surface area contributed by atoms with E-state index in [1.165, 1.54) is 12.4 Å². The van der Waals surface area contributed by atoms with E-state index in [0.717, 1.165) is 24.2 Å². The number of anilines is 1. The molecule has 1 heterocycles. The van der Waals surface area contributed by atoms with Crippen molar-refractivity contribution in [1.82, 2.24) is 15.3 Å². The molecule has 0 radical (unpaired) electrons. The summed E-state index contributed by atoms with van der Waals surface area (Å²) in [6.45, 7) is 3.30. The minimum atomic E-state index is -0.144. The second kappa shape index (κ2) is 8.73. The van der Waals surface area contributed by atoms with E-state index in [0.29, 0.717) is 24.6 Å². The molecule has 0 aliphatic carbocycles. The van der Waals surface area contributed by atoms with E-state index in [1.807, 2.05) is 24.3 Å². The Balaban J connectivity index is 1.91. The number of para-hydroxylation sites is 1. The van der Waals surface area contributed by atoms with Gasteiger partial charge in [-0.15, -0.1) is 0 Å². The first-order valence-electron chi connectivity index (χ1n) is 7.70. The van der Waals surface area contributed by atoms with Crippen LogP contribution in [0.3, 0.4) is 0 Å². The molecule has 0 unspecified atom stereocenters. The van der Waals surface area contributed by atoms with Crippen molar-refractivity contribution in [2.24, 2.45) is 0 Å². The van der Waals surface area contributed by atoms with Crippen molar-refractivity contribution in [2.45, 2.75) is 26.3 Å². The van der Waals surface area contributed by atoms with Gasteiger partial charge in [-0.1, -0.05) is 31.5 Å². The van der Waals surface area contributed by atoms with E-state index < -0.39 is 0 Å². The van der Waals surface area contributed by atoms with Gasteiger partial charge in [0.15, 0.2) is 0 Å². The standard InChI is InChI=1S/C17H22N4O2/c1-3-4-9-18-16(22)14-11-20-17(21-12-14)19-10-13-7-5-6-8-15(13)23-2/h5-8,11-12H,3-4,9-10H2,1-2H3,(H,18,22)(H,19,20,21). The average Bonchev–Trinajstić information content (AvgIpc) is 2.60. The molecule has 0 saturated carbocycles. The van der Waals surface area contributed by atoms with Crippen LogP contribution in [-0.2, 0) is 6.54 Å². The third kappa shape index (κ3) is 4.95. The Hall–Kier alpha value is -2.63. The zero-order valence-corrected chi connectivity index (χ0v) is 13.5. The molecule has 1 aromatic carbocycles. The minimum absolute atomic E-state index is 0.144. The van der Waals surface area contributed by atoms with Crippen molar-refractivity contribution < 1.29 is 9.53 Å². The lowest BCUT2D eigenvalue weighted by Gasteiger charge is -2.09. The molecule has 23 heavy (non-hydrogen) atoms. The molecule has 0 aliphatic rings. The summed E-state index contributed by atoms with van der Waals surface area (Å²) in [5.41, 5.74) is 1.48. The summed E-state index contributed by atoms with van der Waals surface area (Å²) in [6, 6.07) is 7.75. The van der Waals surface area contributed by atoms with Gasteiger partial charge in [-0.2, -0.15) is 0 Å². The summed E-state index contributed by atoms with van der Waals surface area (Å²) in [6.07, 6.45) is 5.06. The SMILES string of the molecule is CCCCNC(=O)c1cnc(NCc2ccccc2OC)nc1. The predicted octanol–water partition coefficient (Wildman–Crippen LogP) is 2.63. The topological polar surface area (TPSA) is 76.1 Å². The number of carbonyl (C=O) groups is 1. The summed E-state index contributed by atoms with van der Waals surface area (Å²) in [4.78, 5) is 20.2. The molecule has 0 spiro atoms. The van der Waals surface area contributed by atoms with Gasteiger partial charge in [0.1, 0.15) is 5.75 Å². The molecule has 1 amide bonds. The number of aromatic nitrogens is 2. The molecule has 2 rings (SSSR count). The molecular formula is C17H22N4O2. The monoisotopic (exact) mass is 314 g/mol. The molecule has 0 aliphatic heterocycles. The highest BCUT2D eigenvalue weighted by Gasteiger charge is 2.07. The van der Waals surface area contributed by atoms with Crippen LogP contribution in [0.15, 0.2) is 36.7 Å². The maximum atomic E-state index is 11.9.